The van der Waals surface area contributed by atoms with E-state index >= 15 is 0 Å². The summed E-state index contributed by atoms with van der Waals surface area (Å²) < 4.78 is 0. The number of aromatic nitrogens is 8. The van der Waals surface area contributed by atoms with E-state index in [0.717, 1.165) is 83.2 Å². The van der Waals surface area contributed by atoms with Gasteiger partial charge in [-0.15, -0.1) is 0 Å². The van der Waals surface area contributed by atoms with E-state index in [4.69, 9.17) is 20.1 Å². The van der Waals surface area contributed by atoms with Crippen molar-refractivity contribution in [1.82, 2.24) is 40.3 Å². The van der Waals surface area contributed by atoms with Crippen LogP contribution in [0.1, 0.15) is 34.4 Å². The summed E-state index contributed by atoms with van der Waals surface area (Å²) in [7, 11) is 0. The fourth-order valence-corrected chi connectivity index (χ4v) is 8.61. The van der Waals surface area contributed by atoms with Gasteiger partial charge in [-0.1, -0.05) is 91.0 Å². The highest BCUT2D eigenvalue weighted by atomic mass is 15.4. The first-order valence-corrected chi connectivity index (χ1v) is 18.0. The van der Waals surface area contributed by atoms with E-state index < -0.39 is 11.5 Å². The minimum atomic E-state index is -1.14. The second kappa shape index (κ2) is 11.8. The summed E-state index contributed by atoms with van der Waals surface area (Å²) in [5.74, 6) is 0.272. The van der Waals surface area contributed by atoms with Gasteiger partial charge >= 0.3 is 0 Å². The zero-order valence-corrected chi connectivity index (χ0v) is 28.8. The van der Waals surface area contributed by atoms with Crippen molar-refractivity contribution in [2.24, 2.45) is 0 Å². The van der Waals surface area contributed by atoms with Crippen molar-refractivity contribution in [3.8, 4) is 0 Å². The van der Waals surface area contributed by atoms with E-state index in [0.29, 0.717) is 5.69 Å². The maximum Gasteiger partial charge on any atom is 0.147 e. The fourth-order valence-electron chi connectivity index (χ4n) is 8.61. The molecule has 9 heteroatoms. The van der Waals surface area contributed by atoms with Crippen LogP contribution in [0.25, 0.3) is 54.6 Å². The van der Waals surface area contributed by atoms with Gasteiger partial charge in [-0.3, -0.25) is 9.97 Å². The summed E-state index contributed by atoms with van der Waals surface area (Å²) in [6.45, 7) is 0. The molecule has 256 valence electrons. The van der Waals surface area contributed by atoms with Crippen molar-refractivity contribution in [2.75, 3.05) is 4.90 Å². The van der Waals surface area contributed by atoms with Crippen LogP contribution in [0, 0.1) is 0 Å². The van der Waals surface area contributed by atoms with Crippen molar-refractivity contribution in [2.45, 2.75) is 11.5 Å². The molecule has 11 rings (SSSR count). The Balaban J connectivity index is 1.39. The van der Waals surface area contributed by atoms with E-state index in [-0.39, 0.29) is 0 Å². The number of rotatable bonds is 6. The molecule has 0 aliphatic carbocycles. The summed E-state index contributed by atoms with van der Waals surface area (Å²) >= 11 is 0. The fraction of sp³-hybridized carbons (Fsp3) is 0.0444. The quantitative estimate of drug-likeness (QED) is 0.160. The Morgan fingerprint density at radius 1 is 0.630 bits per heavy atom. The molecule has 2 unspecified atom stereocenters. The van der Waals surface area contributed by atoms with Gasteiger partial charge in [0, 0.05) is 57.2 Å². The highest BCUT2D eigenvalue weighted by Crippen LogP contribution is 2.63. The summed E-state index contributed by atoms with van der Waals surface area (Å²) in [4.78, 5) is 25.9. The summed E-state index contributed by atoms with van der Waals surface area (Å²) in [5.41, 5.74) is 6.92. The van der Waals surface area contributed by atoms with Crippen molar-refractivity contribution in [1.29, 1.82) is 0 Å². The van der Waals surface area contributed by atoms with Crippen LogP contribution in [0.3, 0.4) is 0 Å². The predicted octanol–water partition coefficient (Wildman–Crippen LogP) is 9.37. The number of nitrogens with one attached hydrogen (secondary N) is 3. The Kier molecular flexibility index (Phi) is 6.63. The van der Waals surface area contributed by atoms with Crippen LogP contribution in [0.4, 0.5) is 5.82 Å². The lowest BCUT2D eigenvalue weighted by Crippen LogP contribution is -2.48. The van der Waals surface area contributed by atoms with Gasteiger partial charge in [0.05, 0.1) is 34.7 Å². The van der Waals surface area contributed by atoms with Crippen molar-refractivity contribution in [3.63, 3.8) is 0 Å². The number of hydrogen-bond donors (Lipinski definition) is 3. The normalized spacial score (nSPS) is 17.4. The van der Waals surface area contributed by atoms with E-state index in [1.165, 1.54) is 0 Å². The molecule has 3 N–H and O–H groups in total. The molecule has 0 radical (unpaired) electrons. The first-order chi connectivity index (χ1) is 26.8. The molecule has 10 aromatic rings. The molecular weight excluding hydrogens is 667 g/mol. The number of para-hydroxylation sites is 2. The Morgan fingerprint density at radius 2 is 1.41 bits per heavy atom. The third-order valence-corrected chi connectivity index (χ3v) is 10.9. The first kappa shape index (κ1) is 30.3. The lowest BCUT2D eigenvalue weighted by molar-refractivity contribution is 0.467. The Morgan fingerprint density at radius 3 is 2.24 bits per heavy atom. The molecule has 0 saturated heterocycles. The average Bonchev–Trinajstić information content (AvgIpc) is 4.05. The van der Waals surface area contributed by atoms with Crippen LogP contribution in [0.15, 0.2) is 164 Å². The third kappa shape index (κ3) is 4.35. The molecule has 0 fully saturated rings. The molecule has 6 aromatic heterocycles. The maximum absolute atomic E-state index is 5.45. The van der Waals surface area contributed by atoms with Crippen LogP contribution in [0.5, 0.6) is 0 Å². The van der Waals surface area contributed by atoms with E-state index in [1.807, 2.05) is 42.9 Å². The molecule has 1 aliphatic rings. The van der Waals surface area contributed by atoms with Gasteiger partial charge in [-0.05, 0) is 64.7 Å². The van der Waals surface area contributed by atoms with Gasteiger partial charge in [-0.25, -0.2) is 4.98 Å². The Labute approximate surface area is 309 Å². The third-order valence-electron chi connectivity index (χ3n) is 10.9. The zero-order valence-electron chi connectivity index (χ0n) is 28.8. The topological polar surface area (TPSA) is 115 Å². The first-order valence-electron chi connectivity index (χ1n) is 18.0. The molecule has 1 aliphatic heterocycles. The van der Waals surface area contributed by atoms with Crippen molar-refractivity contribution in [3.05, 3.63) is 193 Å². The molecule has 0 amide bonds. The van der Waals surface area contributed by atoms with E-state index in [9.17, 15) is 0 Å². The van der Waals surface area contributed by atoms with E-state index in [2.05, 4.69) is 147 Å². The van der Waals surface area contributed by atoms with Crippen LogP contribution in [-0.2, 0) is 5.54 Å². The van der Waals surface area contributed by atoms with Gasteiger partial charge in [0.1, 0.15) is 17.1 Å². The number of fused-ring (bicyclic) bond motifs is 4. The van der Waals surface area contributed by atoms with E-state index in [1.54, 1.807) is 0 Å². The van der Waals surface area contributed by atoms with Gasteiger partial charge in [-0.2, -0.15) is 15.4 Å². The number of H-pyrrole nitrogens is 3. The van der Waals surface area contributed by atoms with Crippen molar-refractivity contribution >= 4 is 60.4 Å². The van der Waals surface area contributed by atoms with Crippen LogP contribution in [0.2, 0.25) is 0 Å². The minimum absolute atomic E-state index is 0.450. The maximum atomic E-state index is 5.45. The monoisotopic (exact) mass is 697 g/mol. The minimum Gasteiger partial charge on any atom is -0.363 e. The molecule has 9 nitrogen and oxygen atoms in total. The standard InChI is InChI=1S/C45H31N9/c1-5-15-32-28(11-1)22-24-47-43(32)44-40(36-25-30-13-4-8-18-35(30)50-36)41(42-33-16-6-2-14-31(33)26-48-42)45(38-27-49-53-52-38,37-19-9-10-23-46-37)54(44)39-21-20-29-12-3-7-17-34(29)51-39/h1-27,41,48,50H,(H,49,52,53). The number of aromatic amines is 3. The predicted molar refractivity (Wildman–Crippen MR) is 214 cm³/mol. The number of hydrogen-bond acceptors (Lipinski definition) is 6. The second-order valence-corrected chi connectivity index (χ2v) is 13.7. The summed E-state index contributed by atoms with van der Waals surface area (Å²) in [5, 5.41) is 18.9. The molecule has 4 aromatic carbocycles. The SMILES string of the molecule is c1ccc(C2(c3cn[nH]n3)C(c3[nH]cc4ccccc34)C(c3cc4ccccc4[nH]3)=C(c3nccc4ccccc34)N2c2ccc3ccccc3n2)nc1. The number of pyridine rings is 3. The highest BCUT2D eigenvalue weighted by molar-refractivity contribution is 6.11. The van der Waals surface area contributed by atoms with Crippen LogP contribution in [-0.4, -0.2) is 40.3 Å². The smallest absolute Gasteiger partial charge is 0.147 e. The molecule has 0 saturated carbocycles. The lowest BCUT2D eigenvalue weighted by Gasteiger charge is -2.42. The van der Waals surface area contributed by atoms with Gasteiger partial charge in [0.25, 0.3) is 0 Å². The Hall–Kier alpha value is -7.39. The average molecular weight is 698 g/mol. The molecule has 54 heavy (non-hydrogen) atoms. The summed E-state index contributed by atoms with van der Waals surface area (Å²) in [6.07, 6.45) is 7.66. The molecule has 7 heterocycles. The van der Waals surface area contributed by atoms with Crippen molar-refractivity contribution < 1.29 is 0 Å². The van der Waals surface area contributed by atoms with Crippen LogP contribution >= 0.6 is 0 Å². The molecule has 2 atom stereocenters. The number of nitrogens with zero attached hydrogens (tertiary/aromatic N) is 6. The molecule has 0 spiro atoms. The van der Waals surface area contributed by atoms with Crippen LogP contribution < -0.4 is 4.90 Å². The number of anilines is 1. The molecule has 0 bridgehead atoms. The Bertz CT molecular complexity index is 2990. The van der Waals surface area contributed by atoms with Gasteiger partial charge in [0.2, 0.25) is 0 Å². The van der Waals surface area contributed by atoms with Gasteiger partial charge < -0.3 is 14.9 Å². The van der Waals surface area contributed by atoms with Gasteiger partial charge in [0.15, 0.2) is 0 Å². The zero-order chi connectivity index (χ0) is 35.6. The highest BCUT2D eigenvalue weighted by Gasteiger charge is 2.61. The summed E-state index contributed by atoms with van der Waals surface area (Å²) in [6, 6.07) is 48.2. The molecular formula is C45H31N9. The largest absolute Gasteiger partial charge is 0.363 e. The number of benzene rings is 4. The second-order valence-electron chi connectivity index (χ2n) is 13.7. The lowest BCUT2D eigenvalue weighted by atomic mass is 9.73.